The zero-order chi connectivity index (χ0) is 6.95. The van der Waals surface area contributed by atoms with Crippen LogP contribution in [0.5, 0.6) is 0 Å². The van der Waals surface area contributed by atoms with Crippen LogP contribution < -0.4 is 0 Å². The standard InChI is InChI=1S/C9H17/c1-3-5-7-9-8-6-4-2/h1H,2-9H2. The summed E-state index contributed by atoms with van der Waals surface area (Å²) >= 11 is 0. The van der Waals surface area contributed by atoms with E-state index in [4.69, 9.17) is 6.92 Å². The molecular formula is C9H17. The fraction of sp³-hybridized carbons (Fsp3) is 0.778. The Morgan fingerprint density at radius 2 is 1.44 bits per heavy atom. The van der Waals surface area contributed by atoms with Crippen LogP contribution in [0.1, 0.15) is 44.9 Å². The van der Waals surface area contributed by atoms with Gasteiger partial charge in [-0.1, -0.05) is 45.4 Å². The van der Waals surface area contributed by atoms with Gasteiger partial charge in [0.15, 0.2) is 0 Å². The smallest absolute Gasteiger partial charge is 0.0352 e. The largest absolute Gasteiger partial charge is 0.0533 e. The average Bonchev–Trinajstić information content (AvgIpc) is 1.89. The third-order valence-electron chi connectivity index (χ3n) is 1.45. The summed E-state index contributed by atoms with van der Waals surface area (Å²) in [6.45, 7) is 9.11. The van der Waals surface area contributed by atoms with Crippen LogP contribution in [0.2, 0.25) is 0 Å². The van der Waals surface area contributed by atoms with E-state index in [1.54, 1.807) is 0 Å². The lowest BCUT2D eigenvalue weighted by Gasteiger charge is -1.95. The predicted octanol–water partition coefficient (Wildman–Crippen LogP) is 3.26. The lowest BCUT2D eigenvalue weighted by molar-refractivity contribution is 0.621. The zero-order valence-electron chi connectivity index (χ0n) is 6.23. The first kappa shape index (κ1) is 9.00. The fourth-order valence-corrected chi connectivity index (χ4v) is 0.851. The molecule has 0 aliphatic rings. The highest BCUT2D eigenvalue weighted by atomic mass is 13.9. The van der Waals surface area contributed by atoms with Gasteiger partial charge in [-0.05, 0) is 13.3 Å². The van der Waals surface area contributed by atoms with E-state index in [1.807, 2.05) is 0 Å². The minimum absolute atomic E-state index is 0.852. The fourth-order valence-electron chi connectivity index (χ4n) is 0.851. The van der Waals surface area contributed by atoms with Gasteiger partial charge in [-0.15, -0.1) is 0 Å². The molecule has 0 nitrogen and oxygen atoms in total. The monoisotopic (exact) mass is 125 g/mol. The Hall–Kier alpha value is 0. The van der Waals surface area contributed by atoms with Gasteiger partial charge in [0.2, 0.25) is 0 Å². The molecule has 0 fully saturated rings. The van der Waals surface area contributed by atoms with Crippen LogP contribution >= 0.6 is 0 Å². The quantitative estimate of drug-likeness (QED) is 0.478. The molecule has 0 heterocycles. The Bertz CT molecular complexity index is 33.3. The molecule has 3 radical (unpaired) electrons. The minimum atomic E-state index is 0.852. The topological polar surface area (TPSA) is 0 Å². The number of rotatable bonds is 6. The van der Waals surface area contributed by atoms with Gasteiger partial charge in [0, 0.05) is 0 Å². The van der Waals surface area contributed by atoms with E-state index in [9.17, 15) is 0 Å². The van der Waals surface area contributed by atoms with Crippen molar-refractivity contribution < 1.29 is 0 Å². The van der Waals surface area contributed by atoms with E-state index in [2.05, 4.69) is 6.92 Å². The van der Waals surface area contributed by atoms with Gasteiger partial charge >= 0.3 is 0 Å². The van der Waals surface area contributed by atoms with Crippen molar-refractivity contribution >= 4 is 0 Å². The molecule has 0 bridgehead atoms. The summed E-state index contributed by atoms with van der Waals surface area (Å²) in [7, 11) is 0. The van der Waals surface area contributed by atoms with E-state index < -0.39 is 0 Å². The predicted molar refractivity (Wildman–Crippen MR) is 42.0 cm³/mol. The van der Waals surface area contributed by atoms with Gasteiger partial charge in [-0.25, -0.2) is 0 Å². The maximum Gasteiger partial charge on any atom is -0.0352 e. The van der Waals surface area contributed by atoms with Crippen molar-refractivity contribution in [2.24, 2.45) is 0 Å². The summed E-state index contributed by atoms with van der Waals surface area (Å²) in [5.41, 5.74) is 0. The second kappa shape index (κ2) is 8.00. The molecule has 0 amide bonds. The first-order valence-electron chi connectivity index (χ1n) is 3.91. The van der Waals surface area contributed by atoms with Crippen LogP contribution in [0, 0.1) is 13.8 Å². The van der Waals surface area contributed by atoms with Gasteiger partial charge in [-0.2, -0.15) is 0 Å². The van der Waals surface area contributed by atoms with Crippen molar-refractivity contribution in [1.82, 2.24) is 0 Å². The van der Waals surface area contributed by atoms with Gasteiger partial charge in [0.05, 0.1) is 0 Å². The third kappa shape index (κ3) is 8.00. The van der Waals surface area contributed by atoms with Crippen molar-refractivity contribution in [2.45, 2.75) is 44.9 Å². The Morgan fingerprint density at radius 3 is 2.00 bits per heavy atom. The molecule has 9 heavy (non-hydrogen) atoms. The van der Waals surface area contributed by atoms with Crippen molar-refractivity contribution in [1.29, 1.82) is 0 Å². The highest BCUT2D eigenvalue weighted by molar-refractivity contribution is 4.46. The summed E-state index contributed by atoms with van der Waals surface area (Å²) in [5, 5.41) is 0. The molecule has 0 aliphatic carbocycles. The van der Waals surface area contributed by atoms with Crippen LogP contribution in [0.4, 0.5) is 0 Å². The lowest BCUT2D eigenvalue weighted by Crippen LogP contribution is -1.76. The van der Waals surface area contributed by atoms with Crippen LogP contribution in [0.3, 0.4) is 0 Å². The molecule has 0 atom stereocenters. The van der Waals surface area contributed by atoms with Crippen LogP contribution in [-0.4, -0.2) is 0 Å². The van der Waals surface area contributed by atoms with E-state index in [-0.39, 0.29) is 0 Å². The summed E-state index contributed by atoms with van der Waals surface area (Å²) < 4.78 is 0. The number of hydrogen-bond donors (Lipinski definition) is 0. The summed E-state index contributed by atoms with van der Waals surface area (Å²) in [4.78, 5) is 0. The van der Waals surface area contributed by atoms with Crippen molar-refractivity contribution in [3.05, 3.63) is 13.8 Å². The summed E-state index contributed by atoms with van der Waals surface area (Å²) in [6, 6.07) is 0. The second-order valence-corrected chi connectivity index (χ2v) is 2.41. The van der Waals surface area contributed by atoms with E-state index >= 15 is 0 Å². The molecule has 0 aromatic heterocycles. The maximum atomic E-state index is 5.33. The van der Waals surface area contributed by atoms with Crippen LogP contribution in [0.25, 0.3) is 0 Å². The zero-order valence-corrected chi connectivity index (χ0v) is 6.23. The third-order valence-corrected chi connectivity index (χ3v) is 1.45. The first-order chi connectivity index (χ1) is 4.41. The molecule has 0 N–H and O–H groups in total. The second-order valence-electron chi connectivity index (χ2n) is 2.41. The normalized spacial score (nSPS) is 10.0. The summed E-state index contributed by atoms with van der Waals surface area (Å²) in [6.07, 6.45) is 8.39. The molecular weight excluding hydrogens is 108 g/mol. The van der Waals surface area contributed by atoms with Gasteiger partial charge < -0.3 is 0 Å². The SMILES string of the molecule is [CH]CCCCCCC[CH2]. The van der Waals surface area contributed by atoms with E-state index in [1.165, 1.54) is 32.1 Å². The molecule has 0 aromatic rings. The lowest BCUT2D eigenvalue weighted by atomic mass is 10.1. The van der Waals surface area contributed by atoms with Crippen LogP contribution in [-0.2, 0) is 0 Å². The van der Waals surface area contributed by atoms with E-state index in [0.29, 0.717) is 0 Å². The van der Waals surface area contributed by atoms with E-state index in [0.717, 1.165) is 12.8 Å². The average molecular weight is 125 g/mol. The van der Waals surface area contributed by atoms with Gasteiger partial charge in [0.1, 0.15) is 0 Å². The van der Waals surface area contributed by atoms with Gasteiger partial charge in [0.25, 0.3) is 0 Å². The van der Waals surface area contributed by atoms with Crippen molar-refractivity contribution in [2.75, 3.05) is 0 Å². The van der Waals surface area contributed by atoms with Crippen molar-refractivity contribution in [3.63, 3.8) is 0 Å². The Labute approximate surface area is 59.7 Å². The Kier molecular flexibility index (Phi) is 8.00. The molecule has 0 unspecified atom stereocenters. The molecule has 0 heteroatoms. The Balaban J connectivity index is 2.60. The molecule has 0 saturated carbocycles. The molecule has 0 aromatic carbocycles. The summed E-state index contributed by atoms with van der Waals surface area (Å²) in [5.74, 6) is 0. The number of hydrogen-bond acceptors (Lipinski definition) is 0. The highest BCUT2D eigenvalue weighted by Crippen LogP contribution is 2.05. The van der Waals surface area contributed by atoms with Gasteiger partial charge in [-0.3, -0.25) is 0 Å². The molecule has 0 rings (SSSR count). The Morgan fingerprint density at radius 1 is 0.889 bits per heavy atom. The number of unbranched alkanes of at least 4 members (excludes halogenated alkanes) is 6. The first-order valence-corrected chi connectivity index (χ1v) is 3.91. The molecule has 0 saturated heterocycles. The maximum absolute atomic E-state index is 5.33. The highest BCUT2D eigenvalue weighted by Gasteiger charge is 1.85. The minimum Gasteiger partial charge on any atom is -0.0533 e. The molecule has 53 valence electrons. The van der Waals surface area contributed by atoms with Crippen LogP contribution in [0.15, 0.2) is 0 Å². The van der Waals surface area contributed by atoms with Crippen molar-refractivity contribution in [3.8, 4) is 0 Å². The molecule has 0 aliphatic heterocycles. The molecule has 0 spiro atoms.